The van der Waals surface area contributed by atoms with Gasteiger partial charge in [-0.05, 0) is 53.1 Å². The van der Waals surface area contributed by atoms with Gasteiger partial charge in [-0.15, -0.1) is 24.8 Å². The van der Waals surface area contributed by atoms with Gasteiger partial charge in [-0.1, -0.05) is 12.1 Å². The first kappa shape index (κ1) is 24.2. The monoisotopic (exact) mass is 460 g/mol. The highest BCUT2D eigenvalue weighted by Crippen LogP contribution is 2.33. The summed E-state index contributed by atoms with van der Waals surface area (Å²) in [6, 6.07) is 16.1. The minimum atomic E-state index is -0.468. The van der Waals surface area contributed by atoms with Crippen LogP contribution < -0.4 is 15.7 Å². The lowest BCUT2D eigenvalue weighted by Crippen LogP contribution is -2.13. The van der Waals surface area contributed by atoms with Gasteiger partial charge in [-0.3, -0.25) is 4.98 Å². The quantitative estimate of drug-likeness (QED) is 0.405. The number of hydrogen-bond acceptors (Lipinski definition) is 6. The first-order valence-electron chi connectivity index (χ1n) is 9.18. The molecule has 0 unspecified atom stereocenters. The molecular formula is C23H22Cl2N2O4. The van der Waals surface area contributed by atoms with Crippen molar-refractivity contribution in [2.75, 3.05) is 7.11 Å². The van der Waals surface area contributed by atoms with E-state index < -0.39 is 5.63 Å². The highest BCUT2D eigenvalue weighted by Gasteiger charge is 2.15. The first-order valence-corrected chi connectivity index (χ1v) is 9.18. The lowest BCUT2D eigenvalue weighted by molar-refractivity contribution is 0.415. The second-order valence-electron chi connectivity index (χ2n) is 6.61. The van der Waals surface area contributed by atoms with Gasteiger partial charge >= 0.3 is 5.63 Å². The zero-order valence-electron chi connectivity index (χ0n) is 16.7. The standard InChI is InChI=1S/C23H20N2O4.2ClH/c1-28-17-4-2-16(3-5-17)19-12-22(27)29-23-18(19)6-7-21(26)20(23)14-25-13-15-8-10-24-11-9-15;;/h2-12,25-26H,13-14H2,1H3;2*1H. The lowest BCUT2D eigenvalue weighted by Gasteiger charge is -2.12. The van der Waals surface area contributed by atoms with Crippen molar-refractivity contribution < 1.29 is 14.3 Å². The molecule has 0 aliphatic heterocycles. The molecule has 0 amide bonds. The zero-order valence-corrected chi connectivity index (χ0v) is 18.3. The highest BCUT2D eigenvalue weighted by atomic mass is 35.5. The normalized spacial score (nSPS) is 10.2. The Morgan fingerprint density at radius 3 is 2.39 bits per heavy atom. The van der Waals surface area contributed by atoms with Gasteiger partial charge in [0.1, 0.15) is 17.1 Å². The molecule has 2 aromatic heterocycles. The van der Waals surface area contributed by atoms with Crippen molar-refractivity contribution in [3.8, 4) is 22.6 Å². The molecule has 2 aromatic carbocycles. The van der Waals surface area contributed by atoms with Crippen LogP contribution in [0.5, 0.6) is 11.5 Å². The Morgan fingerprint density at radius 1 is 1.00 bits per heavy atom. The summed E-state index contributed by atoms with van der Waals surface area (Å²) in [6.45, 7) is 0.946. The fourth-order valence-corrected chi connectivity index (χ4v) is 3.28. The first-order chi connectivity index (χ1) is 14.2. The van der Waals surface area contributed by atoms with Crippen molar-refractivity contribution >= 4 is 35.8 Å². The van der Waals surface area contributed by atoms with Crippen LogP contribution in [0.4, 0.5) is 0 Å². The van der Waals surface area contributed by atoms with E-state index in [9.17, 15) is 9.90 Å². The third-order valence-electron chi connectivity index (χ3n) is 4.77. The molecule has 2 heterocycles. The number of halogens is 2. The third kappa shape index (κ3) is 5.35. The lowest BCUT2D eigenvalue weighted by atomic mass is 9.99. The van der Waals surface area contributed by atoms with E-state index in [2.05, 4.69) is 10.3 Å². The molecule has 8 heteroatoms. The number of aromatic nitrogens is 1. The number of phenols is 1. The third-order valence-corrected chi connectivity index (χ3v) is 4.77. The van der Waals surface area contributed by atoms with Gasteiger partial charge < -0.3 is 19.6 Å². The summed E-state index contributed by atoms with van der Waals surface area (Å²) in [4.78, 5) is 16.3. The number of hydrogen-bond donors (Lipinski definition) is 2. The molecule has 4 rings (SSSR count). The molecule has 0 saturated heterocycles. The summed E-state index contributed by atoms with van der Waals surface area (Å²) in [5, 5.41) is 14.4. The Morgan fingerprint density at radius 2 is 1.71 bits per heavy atom. The minimum Gasteiger partial charge on any atom is -0.507 e. The number of ether oxygens (including phenoxy) is 1. The van der Waals surface area contributed by atoms with Crippen LogP contribution in [-0.4, -0.2) is 17.2 Å². The van der Waals surface area contributed by atoms with Crippen LogP contribution in [0.25, 0.3) is 22.1 Å². The summed E-state index contributed by atoms with van der Waals surface area (Å²) in [6.07, 6.45) is 3.46. The summed E-state index contributed by atoms with van der Waals surface area (Å²) in [5.74, 6) is 0.814. The molecule has 0 atom stereocenters. The van der Waals surface area contributed by atoms with Crippen molar-refractivity contribution in [1.29, 1.82) is 0 Å². The summed E-state index contributed by atoms with van der Waals surface area (Å²) in [7, 11) is 1.61. The van der Waals surface area contributed by atoms with E-state index in [1.165, 1.54) is 6.07 Å². The number of phenolic OH excluding ortho intramolecular Hbond substituents is 1. The molecule has 0 aliphatic carbocycles. The molecule has 31 heavy (non-hydrogen) atoms. The van der Waals surface area contributed by atoms with Crippen LogP contribution in [0.1, 0.15) is 11.1 Å². The van der Waals surface area contributed by atoms with Crippen LogP contribution in [-0.2, 0) is 13.1 Å². The van der Waals surface area contributed by atoms with Gasteiger partial charge in [0.25, 0.3) is 0 Å². The maximum atomic E-state index is 12.3. The van der Waals surface area contributed by atoms with E-state index in [0.717, 1.165) is 27.8 Å². The molecule has 0 fully saturated rings. The van der Waals surface area contributed by atoms with Crippen molar-refractivity contribution in [2.24, 2.45) is 0 Å². The van der Waals surface area contributed by atoms with Gasteiger partial charge in [0, 0.05) is 36.9 Å². The predicted octanol–water partition coefficient (Wildman–Crippen LogP) is 4.70. The number of benzene rings is 2. The van der Waals surface area contributed by atoms with E-state index in [-0.39, 0.29) is 30.6 Å². The Labute approximate surface area is 191 Å². The summed E-state index contributed by atoms with van der Waals surface area (Å²) in [5.41, 5.74) is 3.14. The largest absolute Gasteiger partial charge is 0.507 e. The van der Waals surface area contributed by atoms with Gasteiger partial charge in [0.05, 0.1) is 12.7 Å². The Kier molecular flexibility index (Phi) is 8.45. The second-order valence-corrected chi connectivity index (χ2v) is 6.61. The Hall–Kier alpha value is -3.06. The molecule has 4 aromatic rings. The average Bonchev–Trinajstić information content (AvgIpc) is 2.75. The molecule has 162 valence electrons. The number of nitrogens with one attached hydrogen (secondary N) is 1. The minimum absolute atomic E-state index is 0. The second kappa shape index (κ2) is 10.8. The van der Waals surface area contributed by atoms with Crippen LogP contribution in [0.3, 0.4) is 0 Å². The Bertz CT molecular complexity index is 1200. The molecule has 6 nitrogen and oxygen atoms in total. The summed E-state index contributed by atoms with van der Waals surface area (Å²) >= 11 is 0. The van der Waals surface area contributed by atoms with Crippen molar-refractivity contribution in [2.45, 2.75) is 13.1 Å². The fraction of sp³-hybridized carbons (Fsp3) is 0.130. The SMILES string of the molecule is COc1ccc(-c2cc(=O)oc3c(CNCc4ccncc4)c(O)ccc23)cc1.Cl.Cl. The number of fused-ring (bicyclic) bond motifs is 1. The number of nitrogens with zero attached hydrogens (tertiary/aromatic N) is 1. The molecule has 0 aliphatic rings. The molecule has 2 N–H and O–H groups in total. The maximum absolute atomic E-state index is 12.3. The smallest absolute Gasteiger partial charge is 0.336 e. The maximum Gasteiger partial charge on any atom is 0.336 e. The van der Waals surface area contributed by atoms with E-state index in [4.69, 9.17) is 9.15 Å². The van der Waals surface area contributed by atoms with Gasteiger partial charge in [0.15, 0.2) is 0 Å². The van der Waals surface area contributed by atoms with Gasteiger partial charge in [0.2, 0.25) is 0 Å². The zero-order chi connectivity index (χ0) is 20.2. The Balaban J connectivity index is 0.00000171. The topological polar surface area (TPSA) is 84.6 Å². The molecule has 0 bridgehead atoms. The number of rotatable bonds is 6. The fourth-order valence-electron chi connectivity index (χ4n) is 3.28. The van der Waals surface area contributed by atoms with Crippen molar-refractivity contribution in [1.82, 2.24) is 10.3 Å². The molecular weight excluding hydrogens is 439 g/mol. The van der Waals surface area contributed by atoms with E-state index >= 15 is 0 Å². The van der Waals surface area contributed by atoms with E-state index in [1.54, 1.807) is 31.6 Å². The average molecular weight is 461 g/mol. The molecule has 0 radical (unpaired) electrons. The van der Waals surface area contributed by atoms with E-state index in [0.29, 0.717) is 24.2 Å². The van der Waals surface area contributed by atoms with Gasteiger partial charge in [-0.25, -0.2) is 4.79 Å². The van der Waals surface area contributed by atoms with Crippen LogP contribution >= 0.6 is 24.8 Å². The highest BCUT2D eigenvalue weighted by molar-refractivity contribution is 5.95. The van der Waals surface area contributed by atoms with Crippen molar-refractivity contribution in [3.05, 3.63) is 88.5 Å². The molecule has 0 spiro atoms. The number of methoxy groups -OCH3 is 1. The van der Waals surface area contributed by atoms with Crippen molar-refractivity contribution in [3.63, 3.8) is 0 Å². The summed E-state index contributed by atoms with van der Waals surface area (Å²) < 4.78 is 10.7. The number of aromatic hydroxyl groups is 1. The van der Waals surface area contributed by atoms with Crippen LogP contribution in [0.2, 0.25) is 0 Å². The van der Waals surface area contributed by atoms with Gasteiger partial charge in [-0.2, -0.15) is 0 Å². The number of pyridine rings is 1. The van der Waals surface area contributed by atoms with E-state index in [1.807, 2.05) is 36.4 Å². The molecule has 0 saturated carbocycles. The predicted molar refractivity (Wildman–Crippen MR) is 125 cm³/mol. The van der Waals surface area contributed by atoms with Crippen LogP contribution in [0.15, 0.2) is 76.2 Å². The van der Waals surface area contributed by atoms with Crippen LogP contribution in [0, 0.1) is 0 Å².